The van der Waals surface area contributed by atoms with Crippen molar-refractivity contribution in [3.63, 3.8) is 0 Å². The number of aromatic nitrogens is 1. The molecule has 0 aliphatic carbocycles. The molecule has 0 amide bonds. The maximum Gasteiger partial charge on any atom is 0.119 e. The number of fused-ring (bicyclic) bond motifs is 2. The highest BCUT2D eigenvalue weighted by Gasteiger charge is 2.32. The lowest BCUT2D eigenvalue weighted by molar-refractivity contribution is 0.310. The lowest BCUT2D eigenvalue weighted by Crippen LogP contribution is -2.46. The van der Waals surface area contributed by atoms with Gasteiger partial charge in [0.15, 0.2) is 0 Å². The van der Waals surface area contributed by atoms with Gasteiger partial charge in [0.2, 0.25) is 0 Å². The summed E-state index contributed by atoms with van der Waals surface area (Å²) in [5.74, 6) is 0.882. The van der Waals surface area contributed by atoms with Crippen LogP contribution in [0.25, 0.3) is 11.1 Å². The molecule has 0 saturated carbocycles. The number of ether oxygens (including phenoxy) is 1. The molecule has 2 aliphatic rings. The number of piperazine rings is 1. The van der Waals surface area contributed by atoms with Crippen LogP contribution in [0.15, 0.2) is 42.7 Å². The number of benzene rings is 1. The van der Waals surface area contributed by atoms with E-state index in [1.165, 1.54) is 31.7 Å². The highest BCUT2D eigenvalue weighted by atomic mass is 35.5. The van der Waals surface area contributed by atoms with Crippen molar-refractivity contribution in [1.29, 1.82) is 0 Å². The van der Waals surface area contributed by atoms with Crippen molar-refractivity contribution >= 4 is 30.5 Å². The van der Waals surface area contributed by atoms with Gasteiger partial charge < -0.3 is 9.64 Å². The van der Waals surface area contributed by atoms with Gasteiger partial charge in [0.05, 0.1) is 19.0 Å². The van der Waals surface area contributed by atoms with Gasteiger partial charge in [-0.3, -0.25) is 9.88 Å². The van der Waals surface area contributed by atoms with Gasteiger partial charge in [0, 0.05) is 44.0 Å². The topological polar surface area (TPSA) is 28.6 Å². The fourth-order valence-corrected chi connectivity index (χ4v) is 3.59. The number of anilines is 1. The largest absolute Gasteiger partial charge is 0.497 e. The van der Waals surface area contributed by atoms with Crippen LogP contribution in [0.1, 0.15) is 6.42 Å². The zero-order valence-electron chi connectivity index (χ0n) is 13.7. The number of methoxy groups -OCH3 is 1. The number of pyridine rings is 1. The SMILES string of the molecule is COc1cccc(-c2cncc(N3CCN4CCC3C4)c2)c1.Cl.Cl. The summed E-state index contributed by atoms with van der Waals surface area (Å²) in [6.45, 7) is 4.71. The highest BCUT2D eigenvalue weighted by molar-refractivity contribution is 5.85. The molecule has 2 saturated heterocycles. The Morgan fingerprint density at radius 1 is 1.04 bits per heavy atom. The third-order valence-corrected chi connectivity index (χ3v) is 4.80. The smallest absolute Gasteiger partial charge is 0.119 e. The van der Waals surface area contributed by atoms with E-state index in [1.54, 1.807) is 7.11 Å². The third kappa shape index (κ3) is 3.61. The molecule has 2 fully saturated rings. The van der Waals surface area contributed by atoms with Gasteiger partial charge in [-0.25, -0.2) is 0 Å². The molecule has 2 aromatic rings. The average molecular weight is 368 g/mol. The molecule has 0 radical (unpaired) electrons. The predicted octanol–water partition coefficient (Wildman–Crippen LogP) is 3.50. The molecule has 2 bridgehead atoms. The number of rotatable bonds is 3. The Kier molecular flexibility index (Phi) is 6.33. The maximum atomic E-state index is 5.33. The summed E-state index contributed by atoms with van der Waals surface area (Å²) in [4.78, 5) is 9.56. The maximum absolute atomic E-state index is 5.33. The second kappa shape index (κ2) is 8.06. The predicted molar refractivity (Wildman–Crippen MR) is 103 cm³/mol. The third-order valence-electron chi connectivity index (χ3n) is 4.80. The van der Waals surface area contributed by atoms with Gasteiger partial charge in [-0.15, -0.1) is 24.8 Å². The molecule has 2 unspecified atom stereocenters. The number of hydrogen-bond donors (Lipinski definition) is 0. The van der Waals surface area contributed by atoms with Gasteiger partial charge in [-0.05, 0) is 30.2 Å². The van der Waals surface area contributed by atoms with E-state index >= 15 is 0 Å². The van der Waals surface area contributed by atoms with Crippen molar-refractivity contribution in [3.05, 3.63) is 42.7 Å². The van der Waals surface area contributed by atoms with Crippen LogP contribution in [0.5, 0.6) is 5.75 Å². The van der Waals surface area contributed by atoms with E-state index in [2.05, 4.69) is 33.0 Å². The standard InChI is InChI=1S/C18H21N3O.2ClH/c1-22-18-4-2-3-14(10-18)15-9-17(12-19-11-15)21-8-7-20-6-5-16(21)13-20;;/h2-4,9-12,16H,5-8,13H2,1H3;2*1H. The monoisotopic (exact) mass is 367 g/mol. The molecule has 6 heteroatoms. The second-order valence-electron chi connectivity index (χ2n) is 6.10. The van der Waals surface area contributed by atoms with Crippen LogP contribution in [-0.2, 0) is 0 Å². The molecule has 1 aromatic heterocycles. The van der Waals surface area contributed by atoms with Crippen molar-refractivity contribution in [2.24, 2.45) is 0 Å². The summed E-state index contributed by atoms with van der Waals surface area (Å²) >= 11 is 0. The second-order valence-corrected chi connectivity index (χ2v) is 6.10. The fraction of sp³-hybridized carbons (Fsp3) is 0.389. The van der Waals surface area contributed by atoms with Crippen LogP contribution in [0.4, 0.5) is 5.69 Å². The summed E-state index contributed by atoms with van der Waals surface area (Å²) < 4.78 is 5.33. The molecule has 24 heavy (non-hydrogen) atoms. The Labute approximate surface area is 155 Å². The molecule has 3 heterocycles. The van der Waals surface area contributed by atoms with Gasteiger partial charge in [-0.2, -0.15) is 0 Å². The van der Waals surface area contributed by atoms with E-state index in [1.807, 2.05) is 24.5 Å². The molecular formula is C18H23Cl2N3O. The molecule has 4 nitrogen and oxygen atoms in total. The first-order valence-corrected chi connectivity index (χ1v) is 7.92. The summed E-state index contributed by atoms with van der Waals surface area (Å²) in [6, 6.07) is 11.1. The van der Waals surface area contributed by atoms with E-state index in [4.69, 9.17) is 4.74 Å². The first-order valence-electron chi connectivity index (χ1n) is 7.92. The van der Waals surface area contributed by atoms with E-state index in [0.717, 1.165) is 23.4 Å². The molecule has 130 valence electrons. The van der Waals surface area contributed by atoms with Crippen LogP contribution in [-0.4, -0.2) is 49.2 Å². The lowest BCUT2D eigenvalue weighted by Gasteiger charge is -2.36. The summed E-state index contributed by atoms with van der Waals surface area (Å²) in [6.07, 6.45) is 5.20. The van der Waals surface area contributed by atoms with Gasteiger partial charge in [0.25, 0.3) is 0 Å². The van der Waals surface area contributed by atoms with Crippen LogP contribution >= 0.6 is 24.8 Å². The van der Waals surface area contributed by atoms with Crippen molar-refractivity contribution in [2.45, 2.75) is 12.5 Å². The van der Waals surface area contributed by atoms with Crippen LogP contribution < -0.4 is 9.64 Å². The fourth-order valence-electron chi connectivity index (χ4n) is 3.59. The lowest BCUT2D eigenvalue weighted by atomic mass is 10.1. The molecular weight excluding hydrogens is 345 g/mol. The summed E-state index contributed by atoms with van der Waals surface area (Å²) in [5, 5.41) is 0. The number of nitrogens with zero attached hydrogens (tertiary/aromatic N) is 3. The summed E-state index contributed by atoms with van der Waals surface area (Å²) in [5.41, 5.74) is 3.54. The van der Waals surface area contributed by atoms with Crippen molar-refractivity contribution in [1.82, 2.24) is 9.88 Å². The Hall–Kier alpha value is -1.49. The van der Waals surface area contributed by atoms with Crippen LogP contribution in [0.2, 0.25) is 0 Å². The molecule has 0 spiro atoms. The summed E-state index contributed by atoms with van der Waals surface area (Å²) in [7, 11) is 1.70. The molecule has 2 aliphatic heterocycles. The average Bonchev–Trinajstić information content (AvgIpc) is 2.96. The van der Waals surface area contributed by atoms with E-state index in [0.29, 0.717) is 6.04 Å². The van der Waals surface area contributed by atoms with Crippen molar-refractivity contribution < 1.29 is 4.74 Å². The Morgan fingerprint density at radius 2 is 1.92 bits per heavy atom. The Morgan fingerprint density at radius 3 is 2.75 bits per heavy atom. The zero-order chi connectivity index (χ0) is 14.9. The van der Waals surface area contributed by atoms with Crippen molar-refractivity contribution in [2.75, 3.05) is 38.2 Å². The molecule has 0 N–H and O–H groups in total. The minimum atomic E-state index is 0. The van der Waals surface area contributed by atoms with Crippen LogP contribution in [0, 0.1) is 0 Å². The van der Waals surface area contributed by atoms with E-state index in [9.17, 15) is 0 Å². The molecule has 4 rings (SSSR count). The van der Waals surface area contributed by atoms with Gasteiger partial charge in [-0.1, -0.05) is 12.1 Å². The van der Waals surface area contributed by atoms with Crippen molar-refractivity contribution in [3.8, 4) is 16.9 Å². The minimum Gasteiger partial charge on any atom is -0.497 e. The van der Waals surface area contributed by atoms with Gasteiger partial charge in [0.1, 0.15) is 5.75 Å². The number of halogens is 2. The molecule has 2 atom stereocenters. The van der Waals surface area contributed by atoms with Crippen LogP contribution in [0.3, 0.4) is 0 Å². The number of hydrogen-bond acceptors (Lipinski definition) is 4. The Bertz CT molecular complexity index is 683. The quantitative estimate of drug-likeness (QED) is 0.829. The molecule has 1 aromatic carbocycles. The highest BCUT2D eigenvalue weighted by Crippen LogP contribution is 2.30. The first-order chi connectivity index (χ1) is 10.8. The normalized spacial score (nSPS) is 21.6. The van der Waals surface area contributed by atoms with Gasteiger partial charge >= 0.3 is 0 Å². The first kappa shape index (κ1) is 18.8. The minimum absolute atomic E-state index is 0. The van der Waals surface area contributed by atoms with E-state index < -0.39 is 0 Å². The van der Waals surface area contributed by atoms with E-state index in [-0.39, 0.29) is 24.8 Å². The zero-order valence-corrected chi connectivity index (χ0v) is 15.4. The Balaban J connectivity index is 0.00000104.